The summed E-state index contributed by atoms with van der Waals surface area (Å²) in [7, 11) is 1.21. The predicted octanol–water partition coefficient (Wildman–Crippen LogP) is 3.79. The molecule has 1 aliphatic heterocycles. The number of rotatable bonds is 7. The fourth-order valence-corrected chi connectivity index (χ4v) is 5.27. The number of fused-ring (bicyclic) bond motifs is 1. The molecule has 1 aromatic heterocycles. The molecule has 0 bridgehead atoms. The molecule has 1 saturated heterocycles. The molecular weight excluding hydrogens is 418 g/mol. The molecule has 0 spiro atoms. The number of benzene rings is 2. The molecule has 2 heterocycles. The number of methoxy groups -OCH3 is 3. The van der Waals surface area contributed by atoms with Gasteiger partial charge in [0.15, 0.2) is 11.5 Å². The van der Waals surface area contributed by atoms with Crippen LogP contribution in [0.2, 0.25) is 0 Å². The number of hydrogen-bond donors (Lipinski definition) is 1. The van der Waals surface area contributed by atoms with Crippen molar-refractivity contribution in [2.24, 2.45) is 0 Å². The van der Waals surface area contributed by atoms with Crippen LogP contribution < -0.4 is 19.5 Å². The molecule has 0 radical (unpaired) electrons. The summed E-state index contributed by atoms with van der Waals surface area (Å²) in [4.78, 5) is 4.91. The van der Waals surface area contributed by atoms with Crippen molar-refractivity contribution in [3.05, 3.63) is 42.5 Å². The maximum atomic E-state index is 12.8. The van der Waals surface area contributed by atoms with E-state index < -0.39 is 10.0 Å². The number of nitrogens with zero attached hydrogens (tertiary/aromatic N) is 2. The highest BCUT2D eigenvalue weighted by Crippen LogP contribution is 2.40. The molecule has 4 rings (SSSR count). The van der Waals surface area contributed by atoms with Crippen LogP contribution in [0.15, 0.2) is 47.4 Å². The van der Waals surface area contributed by atoms with Crippen molar-refractivity contribution in [1.29, 1.82) is 0 Å². The zero-order valence-electron chi connectivity index (χ0n) is 17.7. The van der Waals surface area contributed by atoms with Gasteiger partial charge in [-0.05, 0) is 43.2 Å². The maximum absolute atomic E-state index is 12.8. The van der Waals surface area contributed by atoms with Gasteiger partial charge in [-0.25, -0.2) is 13.4 Å². The van der Waals surface area contributed by atoms with Gasteiger partial charge in [0, 0.05) is 36.3 Å². The molecular formula is C22H25N3O5S. The summed E-state index contributed by atoms with van der Waals surface area (Å²) in [5.74, 6) is 2.18. The van der Waals surface area contributed by atoms with E-state index in [0.717, 1.165) is 23.9 Å². The van der Waals surface area contributed by atoms with Crippen molar-refractivity contribution in [2.75, 3.05) is 39.7 Å². The van der Waals surface area contributed by atoms with Crippen LogP contribution in [0.25, 0.3) is 10.9 Å². The highest BCUT2D eigenvalue weighted by Gasteiger charge is 2.27. The molecule has 2 aromatic carbocycles. The van der Waals surface area contributed by atoms with Gasteiger partial charge >= 0.3 is 0 Å². The van der Waals surface area contributed by atoms with E-state index in [1.807, 2.05) is 6.07 Å². The number of sulfonamides is 1. The molecule has 1 fully saturated rings. The fourth-order valence-electron chi connectivity index (χ4n) is 3.71. The number of ether oxygens (including phenoxy) is 3. The number of pyridine rings is 1. The lowest BCUT2D eigenvalue weighted by Crippen LogP contribution is -2.27. The molecule has 0 atom stereocenters. The number of aromatic nitrogens is 1. The van der Waals surface area contributed by atoms with E-state index in [2.05, 4.69) is 10.3 Å². The van der Waals surface area contributed by atoms with Crippen molar-refractivity contribution in [3.8, 4) is 17.2 Å². The van der Waals surface area contributed by atoms with Crippen molar-refractivity contribution in [1.82, 2.24) is 9.29 Å². The lowest BCUT2D eigenvalue weighted by molar-refractivity contribution is 0.324. The van der Waals surface area contributed by atoms with E-state index in [-0.39, 0.29) is 0 Å². The first-order valence-corrected chi connectivity index (χ1v) is 11.4. The Morgan fingerprint density at radius 3 is 2.19 bits per heavy atom. The Balaban J connectivity index is 1.63. The first-order chi connectivity index (χ1) is 15.0. The standard InChI is InChI=1S/C22H25N3O5S/c1-28-19-13-16(14-20(29-2)22(19)30-3)23-21-9-6-15-12-17(7-8-18(15)24-21)31(26,27)25-10-4-5-11-25/h6-9,12-14H,4-5,10-11H2,1-3H3,(H,23,24). The molecule has 9 heteroatoms. The Hall–Kier alpha value is -3.04. The number of hydrogen-bond acceptors (Lipinski definition) is 7. The van der Waals surface area contributed by atoms with Crippen LogP contribution in [0, 0.1) is 0 Å². The van der Waals surface area contributed by atoms with Crippen LogP contribution in [0.1, 0.15) is 12.8 Å². The summed E-state index contributed by atoms with van der Waals surface area (Å²) < 4.78 is 43.3. The van der Waals surface area contributed by atoms with E-state index in [9.17, 15) is 8.42 Å². The first kappa shape index (κ1) is 21.2. The third-order valence-corrected chi connectivity index (χ3v) is 7.20. The lowest BCUT2D eigenvalue weighted by atomic mass is 10.2. The van der Waals surface area contributed by atoms with Gasteiger partial charge in [-0.15, -0.1) is 0 Å². The molecule has 0 amide bonds. The van der Waals surface area contributed by atoms with E-state index >= 15 is 0 Å². The van der Waals surface area contributed by atoms with Crippen molar-refractivity contribution in [2.45, 2.75) is 17.7 Å². The Kier molecular flexibility index (Phi) is 5.88. The maximum Gasteiger partial charge on any atom is 0.243 e. The molecule has 1 aliphatic rings. The van der Waals surface area contributed by atoms with Crippen molar-refractivity contribution in [3.63, 3.8) is 0 Å². The van der Waals surface area contributed by atoms with Gasteiger partial charge in [0.05, 0.1) is 31.7 Å². The zero-order chi connectivity index (χ0) is 22.0. The largest absolute Gasteiger partial charge is 0.493 e. The first-order valence-electron chi connectivity index (χ1n) is 9.94. The van der Waals surface area contributed by atoms with Gasteiger partial charge in [-0.1, -0.05) is 0 Å². The van der Waals surface area contributed by atoms with Crippen LogP contribution in [-0.2, 0) is 10.0 Å². The third kappa shape index (κ3) is 4.11. The molecule has 0 aliphatic carbocycles. The number of anilines is 2. The molecule has 164 valence electrons. The quantitative estimate of drug-likeness (QED) is 0.594. The summed E-state index contributed by atoms with van der Waals surface area (Å²) >= 11 is 0. The molecule has 0 saturated carbocycles. The predicted molar refractivity (Wildman–Crippen MR) is 119 cm³/mol. The van der Waals surface area contributed by atoms with Crippen LogP contribution in [0.4, 0.5) is 11.5 Å². The minimum atomic E-state index is -3.46. The average molecular weight is 444 g/mol. The van der Waals surface area contributed by atoms with Crippen molar-refractivity contribution < 1.29 is 22.6 Å². The highest BCUT2D eigenvalue weighted by atomic mass is 32.2. The second-order valence-electron chi connectivity index (χ2n) is 7.20. The topological polar surface area (TPSA) is 90.0 Å². The Bertz CT molecular complexity index is 1180. The Morgan fingerprint density at radius 2 is 1.58 bits per heavy atom. The normalized spacial score (nSPS) is 14.5. The highest BCUT2D eigenvalue weighted by molar-refractivity contribution is 7.89. The van der Waals surface area contributed by atoms with Gasteiger partial charge in [-0.3, -0.25) is 0 Å². The van der Waals surface area contributed by atoms with Gasteiger partial charge in [0.1, 0.15) is 5.82 Å². The molecule has 3 aromatic rings. The summed E-state index contributed by atoms with van der Waals surface area (Å²) in [6.07, 6.45) is 1.81. The Labute approximate surface area is 181 Å². The average Bonchev–Trinajstić information content (AvgIpc) is 3.34. The fraction of sp³-hybridized carbons (Fsp3) is 0.318. The molecule has 8 nitrogen and oxygen atoms in total. The van der Waals surface area contributed by atoms with Crippen LogP contribution in [0.3, 0.4) is 0 Å². The summed E-state index contributed by atoms with van der Waals surface area (Å²) in [5.41, 5.74) is 1.41. The van der Waals surface area contributed by atoms with Crippen LogP contribution in [-0.4, -0.2) is 52.1 Å². The SMILES string of the molecule is COc1cc(Nc2ccc3cc(S(=O)(=O)N4CCCC4)ccc3n2)cc(OC)c1OC. The monoisotopic (exact) mass is 443 g/mol. The van der Waals surface area contributed by atoms with Gasteiger partial charge in [0.25, 0.3) is 0 Å². The van der Waals surface area contributed by atoms with Crippen molar-refractivity contribution >= 4 is 32.4 Å². The van der Waals surface area contributed by atoms with Gasteiger partial charge in [0.2, 0.25) is 15.8 Å². The van der Waals surface area contributed by atoms with E-state index in [1.54, 1.807) is 62.0 Å². The molecule has 0 unspecified atom stereocenters. The van der Waals surface area contributed by atoms with Crippen LogP contribution in [0.5, 0.6) is 17.2 Å². The molecule has 1 N–H and O–H groups in total. The second-order valence-corrected chi connectivity index (χ2v) is 9.14. The van der Waals surface area contributed by atoms with Gasteiger partial charge in [-0.2, -0.15) is 4.31 Å². The van der Waals surface area contributed by atoms with E-state index in [4.69, 9.17) is 14.2 Å². The van der Waals surface area contributed by atoms with E-state index in [1.165, 1.54) is 0 Å². The zero-order valence-corrected chi connectivity index (χ0v) is 18.5. The van der Waals surface area contributed by atoms with E-state index in [0.29, 0.717) is 46.6 Å². The van der Waals surface area contributed by atoms with Gasteiger partial charge < -0.3 is 19.5 Å². The summed E-state index contributed by atoms with van der Waals surface area (Å²) in [5, 5.41) is 3.99. The lowest BCUT2D eigenvalue weighted by Gasteiger charge is -2.16. The third-order valence-electron chi connectivity index (χ3n) is 5.30. The number of nitrogens with one attached hydrogen (secondary N) is 1. The molecule has 31 heavy (non-hydrogen) atoms. The summed E-state index contributed by atoms with van der Waals surface area (Å²) in [6.45, 7) is 1.16. The Morgan fingerprint density at radius 1 is 0.903 bits per heavy atom. The van der Waals surface area contributed by atoms with Crippen LogP contribution >= 0.6 is 0 Å². The smallest absolute Gasteiger partial charge is 0.243 e. The summed E-state index contributed by atoms with van der Waals surface area (Å²) in [6, 6.07) is 12.3. The minimum Gasteiger partial charge on any atom is -0.493 e. The second kappa shape index (κ2) is 8.60. The minimum absolute atomic E-state index is 0.300.